The van der Waals surface area contributed by atoms with Crippen molar-refractivity contribution in [1.82, 2.24) is 24.6 Å². The molecule has 1 aliphatic rings. The molecule has 0 radical (unpaired) electrons. The van der Waals surface area contributed by atoms with Crippen LogP contribution in [0.15, 0.2) is 29.4 Å². The molecule has 2 heterocycles. The van der Waals surface area contributed by atoms with E-state index in [0.29, 0.717) is 42.8 Å². The number of carbonyl (C=O) groups is 3. The molecular weight excluding hydrogens is 441 g/mol. The number of carboxylic acid groups (broad SMARTS) is 1. The number of aromatic nitrogens is 3. The van der Waals surface area contributed by atoms with E-state index >= 15 is 0 Å². The summed E-state index contributed by atoms with van der Waals surface area (Å²) in [5.74, 6) is -1.42. The van der Waals surface area contributed by atoms with Gasteiger partial charge in [0.05, 0.1) is 31.9 Å². The lowest BCUT2D eigenvalue weighted by Crippen LogP contribution is -2.46. The first kappa shape index (κ1) is 23.7. The molecule has 12 heteroatoms. The summed E-state index contributed by atoms with van der Waals surface area (Å²) in [6.07, 6.45) is -0.165. The van der Waals surface area contributed by atoms with Crippen molar-refractivity contribution in [2.75, 3.05) is 45.6 Å². The van der Waals surface area contributed by atoms with E-state index in [-0.39, 0.29) is 37.1 Å². The first-order valence-electron chi connectivity index (χ1n) is 9.98. The van der Waals surface area contributed by atoms with Crippen LogP contribution in [0, 0.1) is 5.82 Å². The lowest BCUT2D eigenvalue weighted by atomic mass is 10.2. The van der Waals surface area contributed by atoms with E-state index < -0.39 is 11.8 Å². The van der Waals surface area contributed by atoms with Crippen LogP contribution < -0.4 is 0 Å². The molecule has 1 fully saturated rings. The van der Waals surface area contributed by atoms with E-state index in [1.54, 1.807) is 16.5 Å². The molecule has 0 atom stereocenters. The first-order valence-corrected chi connectivity index (χ1v) is 11.0. The summed E-state index contributed by atoms with van der Waals surface area (Å²) in [7, 11) is 1.56. The van der Waals surface area contributed by atoms with Gasteiger partial charge in [0.15, 0.2) is 11.0 Å². The van der Waals surface area contributed by atoms with Crippen molar-refractivity contribution < 1.29 is 28.6 Å². The van der Waals surface area contributed by atoms with E-state index in [4.69, 9.17) is 9.84 Å². The summed E-state index contributed by atoms with van der Waals surface area (Å²) in [6.45, 7) is 2.05. The Hall–Kier alpha value is -2.99. The van der Waals surface area contributed by atoms with E-state index in [9.17, 15) is 18.8 Å². The number of likely N-dealkylation sites (N-methyl/N-ethyl adjacent to an activating group) is 1. The molecule has 1 N–H and O–H groups in total. The molecule has 1 saturated heterocycles. The lowest BCUT2D eigenvalue weighted by molar-refractivity contribution is -0.140. The van der Waals surface area contributed by atoms with Gasteiger partial charge in [-0.3, -0.25) is 14.4 Å². The molecular formula is C20H24FN5O5S. The van der Waals surface area contributed by atoms with Crippen molar-refractivity contribution in [3.8, 4) is 11.4 Å². The van der Waals surface area contributed by atoms with Crippen LogP contribution in [0.25, 0.3) is 11.4 Å². The van der Waals surface area contributed by atoms with Gasteiger partial charge in [0.2, 0.25) is 11.8 Å². The number of amides is 2. The number of thioether (sulfide) groups is 1. The van der Waals surface area contributed by atoms with Crippen molar-refractivity contribution in [2.45, 2.75) is 18.1 Å². The number of carboxylic acids is 1. The van der Waals surface area contributed by atoms with Crippen molar-refractivity contribution in [2.24, 2.45) is 0 Å². The molecule has 1 aliphatic heterocycles. The van der Waals surface area contributed by atoms with Gasteiger partial charge in [0.25, 0.3) is 0 Å². The van der Waals surface area contributed by atoms with Gasteiger partial charge in [-0.15, -0.1) is 10.2 Å². The number of hydrogen-bond donors (Lipinski definition) is 1. The van der Waals surface area contributed by atoms with Crippen LogP contribution in [0.4, 0.5) is 4.39 Å². The summed E-state index contributed by atoms with van der Waals surface area (Å²) in [4.78, 5) is 39.0. The normalized spacial score (nSPS) is 13.8. The van der Waals surface area contributed by atoms with Crippen LogP contribution in [0.1, 0.15) is 6.42 Å². The highest BCUT2D eigenvalue weighted by molar-refractivity contribution is 7.99. The predicted octanol–water partition coefficient (Wildman–Crippen LogP) is 0.968. The highest BCUT2D eigenvalue weighted by Gasteiger charge is 2.22. The van der Waals surface area contributed by atoms with Gasteiger partial charge in [0, 0.05) is 32.2 Å². The van der Waals surface area contributed by atoms with Crippen LogP contribution in [0.3, 0.4) is 0 Å². The van der Waals surface area contributed by atoms with E-state index in [2.05, 4.69) is 10.2 Å². The highest BCUT2D eigenvalue weighted by Crippen LogP contribution is 2.25. The van der Waals surface area contributed by atoms with Crippen molar-refractivity contribution in [3.63, 3.8) is 0 Å². The van der Waals surface area contributed by atoms with E-state index in [1.807, 2.05) is 0 Å². The molecule has 0 spiro atoms. The molecule has 0 saturated carbocycles. The Morgan fingerprint density at radius 1 is 1.19 bits per heavy atom. The molecule has 0 bridgehead atoms. The van der Waals surface area contributed by atoms with Crippen LogP contribution in [0.2, 0.25) is 0 Å². The summed E-state index contributed by atoms with van der Waals surface area (Å²) in [5, 5.41) is 17.6. The second-order valence-corrected chi connectivity index (χ2v) is 8.08. The Labute approximate surface area is 188 Å². The van der Waals surface area contributed by atoms with Gasteiger partial charge in [-0.05, 0) is 24.3 Å². The van der Waals surface area contributed by atoms with Gasteiger partial charge < -0.3 is 24.2 Å². The average Bonchev–Trinajstić information content (AvgIpc) is 3.19. The number of benzene rings is 1. The first-order chi connectivity index (χ1) is 15.3. The maximum absolute atomic E-state index is 13.3. The van der Waals surface area contributed by atoms with Gasteiger partial charge in [-0.1, -0.05) is 11.8 Å². The minimum absolute atomic E-state index is 0.00150. The number of hydrogen-bond acceptors (Lipinski definition) is 7. The molecule has 10 nitrogen and oxygen atoms in total. The van der Waals surface area contributed by atoms with Crippen LogP contribution in [0.5, 0.6) is 0 Å². The molecule has 32 heavy (non-hydrogen) atoms. The fourth-order valence-electron chi connectivity index (χ4n) is 3.06. The highest BCUT2D eigenvalue weighted by atomic mass is 32.2. The number of morpholine rings is 1. The monoisotopic (exact) mass is 465 g/mol. The summed E-state index contributed by atoms with van der Waals surface area (Å²) < 4.78 is 20.1. The van der Waals surface area contributed by atoms with Crippen molar-refractivity contribution in [1.29, 1.82) is 0 Å². The predicted molar refractivity (Wildman–Crippen MR) is 113 cm³/mol. The lowest BCUT2D eigenvalue weighted by Gasteiger charge is -2.28. The number of nitrogens with zero attached hydrogens (tertiary/aromatic N) is 5. The van der Waals surface area contributed by atoms with Crippen LogP contribution in [-0.2, 0) is 25.7 Å². The molecule has 172 valence electrons. The quantitative estimate of drug-likeness (QED) is 0.545. The number of carbonyl (C=O) groups excluding carboxylic acids is 2. The van der Waals surface area contributed by atoms with Gasteiger partial charge in [0.1, 0.15) is 5.82 Å². The second kappa shape index (κ2) is 11.0. The third-order valence-corrected chi connectivity index (χ3v) is 5.81. The topological polar surface area (TPSA) is 118 Å². The Kier molecular flexibility index (Phi) is 8.17. The SMILES string of the molecule is CN(CC(=O)N1CCOCC1)C(=O)CSc1nnc(-c2ccc(F)cc2)n1CCC(=O)O. The minimum Gasteiger partial charge on any atom is -0.481 e. The number of ether oxygens (including phenoxy) is 1. The third kappa shape index (κ3) is 6.26. The standard InChI is InChI=1S/C20H24FN5O5S/c1-24(12-16(27)25-8-10-31-11-9-25)17(28)13-32-20-23-22-19(26(20)7-6-18(29)30)14-2-4-15(21)5-3-14/h2-5H,6-13H2,1H3,(H,29,30). The molecule has 3 rings (SSSR count). The summed E-state index contributed by atoms with van der Waals surface area (Å²) >= 11 is 1.10. The number of rotatable bonds is 9. The fraction of sp³-hybridized carbons (Fsp3) is 0.450. The van der Waals surface area contributed by atoms with Crippen LogP contribution >= 0.6 is 11.8 Å². The third-order valence-electron chi connectivity index (χ3n) is 4.86. The van der Waals surface area contributed by atoms with Gasteiger partial charge in [-0.25, -0.2) is 4.39 Å². The molecule has 1 aromatic heterocycles. The summed E-state index contributed by atoms with van der Waals surface area (Å²) in [5.41, 5.74) is 0.579. The van der Waals surface area contributed by atoms with E-state index in [0.717, 1.165) is 11.8 Å². The average molecular weight is 466 g/mol. The zero-order chi connectivity index (χ0) is 23.1. The Morgan fingerprint density at radius 3 is 2.53 bits per heavy atom. The van der Waals surface area contributed by atoms with Crippen molar-refractivity contribution >= 4 is 29.5 Å². The Morgan fingerprint density at radius 2 is 1.88 bits per heavy atom. The van der Waals surface area contributed by atoms with Crippen molar-refractivity contribution in [3.05, 3.63) is 30.1 Å². The maximum Gasteiger partial charge on any atom is 0.305 e. The number of halogens is 1. The molecule has 1 aromatic carbocycles. The molecule has 2 amide bonds. The number of aliphatic carboxylic acids is 1. The smallest absolute Gasteiger partial charge is 0.305 e. The zero-order valence-corrected chi connectivity index (χ0v) is 18.4. The molecule has 0 unspecified atom stereocenters. The summed E-state index contributed by atoms with van der Waals surface area (Å²) in [6, 6.07) is 5.62. The zero-order valence-electron chi connectivity index (χ0n) is 17.6. The Balaban J connectivity index is 1.65. The molecule has 0 aliphatic carbocycles. The maximum atomic E-state index is 13.3. The second-order valence-electron chi connectivity index (χ2n) is 7.14. The van der Waals surface area contributed by atoms with Gasteiger partial charge in [-0.2, -0.15) is 0 Å². The molecule has 2 aromatic rings. The van der Waals surface area contributed by atoms with Gasteiger partial charge >= 0.3 is 5.97 Å². The largest absolute Gasteiger partial charge is 0.481 e. The fourth-order valence-corrected chi connectivity index (χ4v) is 3.96. The Bertz CT molecular complexity index is 962. The minimum atomic E-state index is -0.989. The van der Waals surface area contributed by atoms with E-state index in [1.165, 1.54) is 29.2 Å². The van der Waals surface area contributed by atoms with Crippen LogP contribution in [-0.4, -0.2) is 93.1 Å².